The van der Waals surface area contributed by atoms with Gasteiger partial charge in [0.2, 0.25) is 0 Å². The van der Waals surface area contributed by atoms with E-state index >= 15 is 0 Å². The van der Waals surface area contributed by atoms with Crippen LogP contribution in [0, 0.1) is 5.41 Å². The molecule has 1 aromatic rings. The molecule has 3 nitrogen and oxygen atoms in total. The highest BCUT2D eigenvalue weighted by Crippen LogP contribution is 2.35. The average molecular weight is 233 g/mol. The Hall–Kier alpha value is -1.35. The summed E-state index contributed by atoms with van der Waals surface area (Å²) < 4.78 is 5.27. The van der Waals surface area contributed by atoms with E-state index in [0.717, 1.165) is 25.9 Å². The summed E-state index contributed by atoms with van der Waals surface area (Å²) in [6, 6.07) is 7.48. The summed E-state index contributed by atoms with van der Waals surface area (Å²) in [5, 5.41) is 3.29. The van der Waals surface area contributed by atoms with Crippen molar-refractivity contribution in [3.05, 3.63) is 29.8 Å². The van der Waals surface area contributed by atoms with Gasteiger partial charge in [-0.3, -0.25) is 4.79 Å². The van der Waals surface area contributed by atoms with Gasteiger partial charge in [0.15, 0.2) is 5.78 Å². The zero-order valence-corrected chi connectivity index (χ0v) is 10.5. The van der Waals surface area contributed by atoms with Crippen molar-refractivity contribution >= 4 is 5.78 Å². The fourth-order valence-electron chi connectivity index (χ4n) is 2.52. The molecule has 0 aromatic heterocycles. The second-order valence-corrected chi connectivity index (χ2v) is 4.59. The Labute approximate surface area is 102 Å². The SMILES string of the molecule is CCC1(C(=O)c2ccccc2OC)CCNC1. The Morgan fingerprint density at radius 3 is 2.82 bits per heavy atom. The molecule has 3 heteroatoms. The molecule has 1 fully saturated rings. The molecule has 1 unspecified atom stereocenters. The van der Waals surface area contributed by atoms with Crippen LogP contribution in [0.2, 0.25) is 0 Å². The monoisotopic (exact) mass is 233 g/mol. The summed E-state index contributed by atoms with van der Waals surface area (Å²) in [5.41, 5.74) is 0.467. The third kappa shape index (κ3) is 2.07. The molecular weight excluding hydrogens is 214 g/mol. The van der Waals surface area contributed by atoms with Gasteiger partial charge in [-0.15, -0.1) is 0 Å². The Morgan fingerprint density at radius 2 is 2.24 bits per heavy atom. The fourth-order valence-corrected chi connectivity index (χ4v) is 2.52. The van der Waals surface area contributed by atoms with Crippen LogP contribution in [0.15, 0.2) is 24.3 Å². The number of nitrogens with one attached hydrogen (secondary N) is 1. The number of hydrogen-bond acceptors (Lipinski definition) is 3. The Kier molecular flexibility index (Phi) is 3.48. The lowest BCUT2D eigenvalue weighted by Gasteiger charge is -2.25. The number of benzene rings is 1. The number of ketones is 1. The Balaban J connectivity index is 2.35. The third-order valence-corrected chi connectivity index (χ3v) is 3.75. The molecule has 0 amide bonds. The van der Waals surface area contributed by atoms with Crippen molar-refractivity contribution in [1.82, 2.24) is 5.32 Å². The van der Waals surface area contributed by atoms with Gasteiger partial charge in [-0.2, -0.15) is 0 Å². The molecule has 2 rings (SSSR count). The molecule has 1 saturated heterocycles. The predicted octanol–water partition coefficient (Wildman–Crippen LogP) is 2.27. The number of para-hydroxylation sites is 1. The van der Waals surface area contributed by atoms with Gasteiger partial charge in [-0.05, 0) is 31.5 Å². The zero-order valence-electron chi connectivity index (χ0n) is 10.5. The van der Waals surface area contributed by atoms with Crippen molar-refractivity contribution in [2.24, 2.45) is 5.41 Å². The van der Waals surface area contributed by atoms with Gasteiger partial charge in [-0.1, -0.05) is 19.1 Å². The van der Waals surface area contributed by atoms with Crippen LogP contribution >= 0.6 is 0 Å². The van der Waals surface area contributed by atoms with Gasteiger partial charge in [0, 0.05) is 12.0 Å². The summed E-state index contributed by atoms with van der Waals surface area (Å²) in [5.74, 6) is 0.889. The predicted molar refractivity (Wildman–Crippen MR) is 67.5 cm³/mol. The number of Topliss-reactive ketones (excluding diaryl/α,β-unsaturated/α-hetero) is 1. The lowest BCUT2D eigenvalue weighted by atomic mass is 9.77. The number of hydrogen-bond donors (Lipinski definition) is 1. The van der Waals surface area contributed by atoms with Crippen LogP contribution < -0.4 is 10.1 Å². The van der Waals surface area contributed by atoms with Gasteiger partial charge in [0.05, 0.1) is 12.7 Å². The quantitative estimate of drug-likeness (QED) is 0.811. The summed E-state index contributed by atoms with van der Waals surface area (Å²) in [6.45, 7) is 3.79. The van der Waals surface area contributed by atoms with Crippen molar-refractivity contribution in [3.63, 3.8) is 0 Å². The first kappa shape index (κ1) is 12.1. The van der Waals surface area contributed by atoms with Crippen molar-refractivity contribution in [2.45, 2.75) is 19.8 Å². The van der Waals surface area contributed by atoms with E-state index in [9.17, 15) is 4.79 Å². The van der Waals surface area contributed by atoms with E-state index in [2.05, 4.69) is 12.2 Å². The lowest BCUT2D eigenvalue weighted by molar-refractivity contribution is 0.0807. The van der Waals surface area contributed by atoms with Crippen LogP contribution in [-0.2, 0) is 0 Å². The molecule has 1 aliphatic rings. The molecule has 1 atom stereocenters. The van der Waals surface area contributed by atoms with Gasteiger partial charge in [0.25, 0.3) is 0 Å². The number of carbonyl (C=O) groups is 1. The van der Waals surface area contributed by atoms with Gasteiger partial charge in [-0.25, -0.2) is 0 Å². The first-order valence-corrected chi connectivity index (χ1v) is 6.12. The Bertz CT molecular complexity index is 408. The number of rotatable bonds is 4. The molecule has 0 aliphatic carbocycles. The van der Waals surface area contributed by atoms with Crippen molar-refractivity contribution in [2.75, 3.05) is 20.2 Å². The summed E-state index contributed by atoms with van der Waals surface area (Å²) in [6.07, 6.45) is 1.79. The minimum Gasteiger partial charge on any atom is -0.496 e. The molecule has 17 heavy (non-hydrogen) atoms. The summed E-state index contributed by atoms with van der Waals surface area (Å²) >= 11 is 0. The maximum Gasteiger partial charge on any atom is 0.174 e. The molecule has 0 bridgehead atoms. The summed E-state index contributed by atoms with van der Waals surface area (Å²) in [7, 11) is 1.61. The van der Waals surface area contributed by atoms with E-state index in [1.165, 1.54) is 0 Å². The van der Waals surface area contributed by atoms with Gasteiger partial charge >= 0.3 is 0 Å². The van der Waals surface area contributed by atoms with Crippen molar-refractivity contribution < 1.29 is 9.53 Å². The first-order chi connectivity index (χ1) is 8.23. The smallest absolute Gasteiger partial charge is 0.174 e. The average Bonchev–Trinajstić information content (AvgIpc) is 2.88. The standard InChI is InChI=1S/C14H19NO2/c1-3-14(8-9-15-10-14)13(16)11-6-4-5-7-12(11)17-2/h4-7,15H,3,8-10H2,1-2H3. The van der Waals surface area contributed by atoms with Crippen LogP contribution in [0.4, 0.5) is 0 Å². The maximum atomic E-state index is 12.7. The topological polar surface area (TPSA) is 38.3 Å². The second-order valence-electron chi connectivity index (χ2n) is 4.59. The van der Waals surface area contributed by atoms with Gasteiger partial charge < -0.3 is 10.1 Å². The lowest BCUT2D eigenvalue weighted by Crippen LogP contribution is -2.33. The highest BCUT2D eigenvalue weighted by Gasteiger charge is 2.40. The fraction of sp³-hybridized carbons (Fsp3) is 0.500. The van der Waals surface area contributed by atoms with Gasteiger partial charge in [0.1, 0.15) is 5.75 Å². The minimum absolute atomic E-state index is 0.211. The maximum absolute atomic E-state index is 12.7. The van der Waals surface area contributed by atoms with Crippen molar-refractivity contribution in [3.8, 4) is 5.75 Å². The van der Waals surface area contributed by atoms with Crippen LogP contribution in [-0.4, -0.2) is 26.0 Å². The normalized spacial score (nSPS) is 23.6. The molecule has 1 heterocycles. The highest BCUT2D eigenvalue weighted by atomic mass is 16.5. The van der Waals surface area contributed by atoms with Crippen LogP contribution in [0.1, 0.15) is 30.1 Å². The molecule has 0 saturated carbocycles. The molecule has 92 valence electrons. The first-order valence-electron chi connectivity index (χ1n) is 6.12. The van der Waals surface area contributed by atoms with E-state index < -0.39 is 0 Å². The Morgan fingerprint density at radius 1 is 1.47 bits per heavy atom. The second kappa shape index (κ2) is 4.88. The van der Waals surface area contributed by atoms with Crippen LogP contribution in [0.5, 0.6) is 5.75 Å². The van der Waals surface area contributed by atoms with Crippen LogP contribution in [0.3, 0.4) is 0 Å². The zero-order chi connectivity index (χ0) is 12.3. The van der Waals surface area contributed by atoms with Crippen molar-refractivity contribution in [1.29, 1.82) is 0 Å². The minimum atomic E-state index is -0.241. The van der Waals surface area contributed by atoms with E-state index in [1.807, 2.05) is 24.3 Å². The van der Waals surface area contributed by atoms with E-state index in [0.29, 0.717) is 11.3 Å². The summed E-state index contributed by atoms with van der Waals surface area (Å²) in [4.78, 5) is 12.7. The largest absolute Gasteiger partial charge is 0.496 e. The number of ether oxygens (including phenoxy) is 1. The highest BCUT2D eigenvalue weighted by molar-refractivity contribution is 6.03. The van der Waals surface area contributed by atoms with E-state index in [-0.39, 0.29) is 11.2 Å². The number of carbonyl (C=O) groups excluding carboxylic acids is 1. The molecular formula is C14H19NO2. The van der Waals surface area contributed by atoms with Crippen LogP contribution in [0.25, 0.3) is 0 Å². The molecule has 0 radical (unpaired) electrons. The molecule has 0 spiro atoms. The number of methoxy groups -OCH3 is 1. The molecule has 1 aliphatic heterocycles. The third-order valence-electron chi connectivity index (χ3n) is 3.75. The van der Waals surface area contributed by atoms with E-state index in [1.54, 1.807) is 7.11 Å². The molecule has 1 N–H and O–H groups in total. The molecule has 1 aromatic carbocycles. The van der Waals surface area contributed by atoms with E-state index in [4.69, 9.17) is 4.74 Å².